The lowest BCUT2D eigenvalue weighted by molar-refractivity contribution is 1.18. The van der Waals surface area contributed by atoms with Gasteiger partial charge in [0.25, 0.3) is 0 Å². The average Bonchev–Trinajstić information content (AvgIpc) is 2.49. The van der Waals surface area contributed by atoms with Gasteiger partial charge in [0.15, 0.2) is 0 Å². The molecule has 8 heavy (non-hydrogen) atoms. The van der Waals surface area contributed by atoms with Gasteiger partial charge in [0.2, 0.25) is 0 Å². The summed E-state index contributed by atoms with van der Waals surface area (Å²) in [4.78, 5) is 0. The molecule has 1 nitrogen and oxygen atoms in total. The molecule has 2 heteroatoms. The molecule has 0 radical (unpaired) electrons. The maximum atomic E-state index is 3.15. The van der Waals surface area contributed by atoms with E-state index in [4.69, 9.17) is 0 Å². The zero-order valence-electron chi connectivity index (χ0n) is 4.59. The van der Waals surface area contributed by atoms with E-state index < -0.39 is 0 Å². The van der Waals surface area contributed by atoms with Crippen molar-refractivity contribution in [2.24, 2.45) is 0 Å². The second-order valence-electron chi connectivity index (χ2n) is 2.27. The predicted octanol–water partition coefficient (Wildman–Crippen LogP) is 2.47. The van der Waals surface area contributed by atoms with Gasteiger partial charge in [-0.15, -0.1) is 0 Å². The standard InChI is InChI=1S/C6H8NP/c1-2-5(1)6-3-4-7-8-6/h3-5,7H,1-2H2. The number of nitrogens with one attached hydrogen (secondary N) is 1. The van der Waals surface area contributed by atoms with Gasteiger partial charge < -0.3 is 4.75 Å². The van der Waals surface area contributed by atoms with Crippen LogP contribution >= 0.6 is 8.35 Å². The van der Waals surface area contributed by atoms with E-state index >= 15 is 0 Å². The van der Waals surface area contributed by atoms with Crippen LogP contribution in [-0.2, 0) is 0 Å². The minimum atomic E-state index is 0.947. The van der Waals surface area contributed by atoms with Crippen LogP contribution in [-0.4, -0.2) is 4.75 Å². The Morgan fingerprint density at radius 3 is 3.00 bits per heavy atom. The molecule has 2 rings (SSSR count). The van der Waals surface area contributed by atoms with E-state index in [1.165, 1.54) is 21.2 Å². The first kappa shape index (κ1) is 4.58. The molecule has 42 valence electrons. The van der Waals surface area contributed by atoms with E-state index in [9.17, 15) is 0 Å². The summed E-state index contributed by atoms with van der Waals surface area (Å²) in [7, 11) is 1.33. The number of H-pyrrole nitrogens is 1. The van der Waals surface area contributed by atoms with Crippen LogP contribution in [0.1, 0.15) is 24.1 Å². The van der Waals surface area contributed by atoms with Crippen molar-refractivity contribution in [3.63, 3.8) is 0 Å². The Hall–Kier alpha value is -0.290. The minimum Gasteiger partial charge on any atom is -0.344 e. The lowest BCUT2D eigenvalue weighted by Crippen LogP contribution is -1.61. The highest BCUT2D eigenvalue weighted by Gasteiger charge is 2.23. The first-order valence-electron chi connectivity index (χ1n) is 2.96. The van der Waals surface area contributed by atoms with E-state index in [1.807, 2.05) is 6.20 Å². The molecule has 1 aromatic heterocycles. The molecule has 1 fully saturated rings. The highest BCUT2D eigenvalue weighted by atomic mass is 31.0. The van der Waals surface area contributed by atoms with Crippen LogP contribution < -0.4 is 0 Å². The summed E-state index contributed by atoms with van der Waals surface area (Å²) in [5.74, 6) is 0.947. The van der Waals surface area contributed by atoms with Crippen LogP contribution in [0.15, 0.2) is 12.3 Å². The molecule has 0 aliphatic heterocycles. The smallest absolute Gasteiger partial charge is 0.0142 e. The van der Waals surface area contributed by atoms with Gasteiger partial charge in [0.1, 0.15) is 0 Å². The molecule has 1 heterocycles. The number of hydrogen-bond donors (Lipinski definition) is 1. The molecule has 0 atom stereocenters. The molecular formula is C6H8NP. The third-order valence-electron chi connectivity index (χ3n) is 1.52. The zero-order chi connectivity index (χ0) is 5.40. The molecule has 0 saturated heterocycles. The molecule has 0 spiro atoms. The largest absolute Gasteiger partial charge is 0.344 e. The Morgan fingerprint density at radius 2 is 2.50 bits per heavy atom. The van der Waals surface area contributed by atoms with Crippen molar-refractivity contribution >= 4 is 8.35 Å². The quantitative estimate of drug-likeness (QED) is 0.593. The summed E-state index contributed by atoms with van der Waals surface area (Å²) >= 11 is 0. The highest BCUT2D eigenvalue weighted by molar-refractivity contribution is 7.26. The van der Waals surface area contributed by atoms with Crippen LogP contribution in [0.3, 0.4) is 0 Å². The Bertz CT molecular complexity index is 165. The molecular weight excluding hydrogens is 117 g/mol. The minimum absolute atomic E-state index is 0.947. The first-order valence-corrected chi connectivity index (χ1v) is 3.86. The van der Waals surface area contributed by atoms with Crippen molar-refractivity contribution in [2.75, 3.05) is 0 Å². The van der Waals surface area contributed by atoms with Gasteiger partial charge in [0.05, 0.1) is 0 Å². The third-order valence-corrected chi connectivity index (χ3v) is 2.57. The van der Waals surface area contributed by atoms with Crippen molar-refractivity contribution in [1.82, 2.24) is 4.75 Å². The van der Waals surface area contributed by atoms with Crippen LogP contribution in [0.25, 0.3) is 0 Å². The summed E-state index contributed by atoms with van der Waals surface area (Å²) in [6.45, 7) is 0. The van der Waals surface area contributed by atoms with Crippen LogP contribution in [0.2, 0.25) is 0 Å². The van der Waals surface area contributed by atoms with Gasteiger partial charge in [0, 0.05) is 19.8 Å². The molecule has 0 amide bonds. The maximum Gasteiger partial charge on any atom is 0.0142 e. The van der Waals surface area contributed by atoms with Crippen molar-refractivity contribution in [3.05, 3.63) is 17.6 Å². The second kappa shape index (κ2) is 1.60. The van der Waals surface area contributed by atoms with E-state index in [1.54, 1.807) is 5.30 Å². The fraction of sp³-hybridized carbons (Fsp3) is 0.500. The van der Waals surface area contributed by atoms with E-state index in [-0.39, 0.29) is 0 Å². The van der Waals surface area contributed by atoms with Crippen molar-refractivity contribution in [1.29, 1.82) is 0 Å². The normalized spacial score (nSPS) is 20.0. The van der Waals surface area contributed by atoms with Gasteiger partial charge in [-0.3, -0.25) is 0 Å². The summed E-state index contributed by atoms with van der Waals surface area (Å²) in [5, 5.41) is 1.59. The monoisotopic (exact) mass is 125 g/mol. The van der Waals surface area contributed by atoms with Crippen LogP contribution in [0.4, 0.5) is 0 Å². The van der Waals surface area contributed by atoms with Crippen LogP contribution in [0, 0.1) is 0 Å². The molecule has 0 unspecified atom stereocenters. The molecule has 1 aromatic rings. The second-order valence-corrected chi connectivity index (χ2v) is 3.27. The van der Waals surface area contributed by atoms with Gasteiger partial charge in [-0.1, -0.05) is 0 Å². The van der Waals surface area contributed by atoms with Gasteiger partial charge >= 0.3 is 0 Å². The predicted molar refractivity (Wildman–Crippen MR) is 35.3 cm³/mol. The lowest BCUT2D eigenvalue weighted by Gasteiger charge is -1.81. The molecule has 1 aliphatic rings. The molecule has 1 N–H and O–H groups in total. The number of rotatable bonds is 1. The topological polar surface area (TPSA) is 15.8 Å². The average molecular weight is 125 g/mol. The highest BCUT2D eigenvalue weighted by Crippen LogP contribution is 2.42. The Morgan fingerprint density at radius 1 is 1.62 bits per heavy atom. The lowest BCUT2D eigenvalue weighted by atomic mass is 10.3. The van der Waals surface area contributed by atoms with Gasteiger partial charge in [-0.05, 0) is 24.8 Å². The molecule has 0 bridgehead atoms. The van der Waals surface area contributed by atoms with Gasteiger partial charge in [-0.2, -0.15) is 0 Å². The summed E-state index contributed by atoms with van der Waals surface area (Å²) in [6.07, 6.45) is 4.89. The maximum absolute atomic E-state index is 3.15. The van der Waals surface area contributed by atoms with Crippen molar-refractivity contribution < 1.29 is 0 Å². The summed E-state index contributed by atoms with van der Waals surface area (Å²) < 4.78 is 3.15. The van der Waals surface area contributed by atoms with E-state index in [0.717, 1.165) is 5.92 Å². The van der Waals surface area contributed by atoms with Gasteiger partial charge in [-0.25, -0.2) is 0 Å². The zero-order valence-corrected chi connectivity index (χ0v) is 5.49. The molecule has 1 aliphatic carbocycles. The van der Waals surface area contributed by atoms with Crippen molar-refractivity contribution in [3.8, 4) is 0 Å². The fourth-order valence-corrected chi connectivity index (χ4v) is 1.77. The Balaban J connectivity index is 2.28. The Labute approximate surface area is 50.3 Å². The molecule has 0 aromatic carbocycles. The first-order chi connectivity index (χ1) is 3.97. The molecule has 1 saturated carbocycles. The van der Waals surface area contributed by atoms with Crippen LogP contribution in [0.5, 0.6) is 0 Å². The Kier molecular flexibility index (Phi) is 0.913. The fourth-order valence-electron chi connectivity index (χ4n) is 0.878. The van der Waals surface area contributed by atoms with E-state index in [0.29, 0.717) is 0 Å². The van der Waals surface area contributed by atoms with E-state index in [2.05, 4.69) is 10.8 Å². The number of aromatic nitrogens is 1. The van der Waals surface area contributed by atoms with Crippen molar-refractivity contribution in [2.45, 2.75) is 18.8 Å². The summed E-state index contributed by atoms with van der Waals surface area (Å²) in [6, 6.07) is 2.21. The summed E-state index contributed by atoms with van der Waals surface area (Å²) in [5.41, 5.74) is 0. The number of aromatic amines is 1. The number of hydrogen-bond acceptors (Lipinski definition) is 0. The SMILES string of the molecule is c1cc(C2CC2)p[nH]1. The third kappa shape index (κ3) is 0.674.